The number of morpholine rings is 1. The molecule has 0 radical (unpaired) electrons. The summed E-state index contributed by atoms with van der Waals surface area (Å²) in [5.74, 6) is 1.87. The van der Waals surface area contributed by atoms with E-state index in [9.17, 15) is 0 Å². The third-order valence-corrected chi connectivity index (χ3v) is 6.24. The van der Waals surface area contributed by atoms with Gasteiger partial charge in [-0.25, -0.2) is 4.99 Å². The standard InChI is InChI=1S/C25H37N5O2.HI/c1-2-26-25(27-19-21-8-10-22(11-9-21)29-14-17-31-18-15-29)28-20-23(24-7-6-16-32-24)30-12-4-3-5-13-30;/h6-11,16,23H,2-5,12-15,17-20H2,1H3,(H2,26,27,28);1H. The fraction of sp³-hybridized carbons (Fsp3) is 0.560. The molecule has 1 aromatic carbocycles. The minimum absolute atomic E-state index is 0. The molecule has 0 bridgehead atoms. The normalized spacial score (nSPS) is 18.5. The van der Waals surface area contributed by atoms with Crippen LogP contribution in [-0.4, -0.2) is 63.3 Å². The van der Waals surface area contributed by atoms with E-state index in [2.05, 4.69) is 57.7 Å². The van der Waals surface area contributed by atoms with Crippen molar-refractivity contribution >= 4 is 35.6 Å². The summed E-state index contributed by atoms with van der Waals surface area (Å²) in [5, 5.41) is 6.94. The second-order valence-corrected chi connectivity index (χ2v) is 8.47. The van der Waals surface area contributed by atoms with Gasteiger partial charge in [-0.1, -0.05) is 18.6 Å². The number of hydrogen-bond donors (Lipinski definition) is 2. The fourth-order valence-electron chi connectivity index (χ4n) is 4.46. The number of hydrogen-bond acceptors (Lipinski definition) is 5. The lowest BCUT2D eigenvalue weighted by molar-refractivity contribution is 0.122. The van der Waals surface area contributed by atoms with Crippen LogP contribution in [0.4, 0.5) is 5.69 Å². The molecule has 2 fully saturated rings. The van der Waals surface area contributed by atoms with E-state index in [0.29, 0.717) is 6.54 Å². The lowest BCUT2D eigenvalue weighted by Gasteiger charge is -2.33. The van der Waals surface area contributed by atoms with Crippen molar-refractivity contribution in [2.24, 2.45) is 4.99 Å². The van der Waals surface area contributed by atoms with E-state index in [4.69, 9.17) is 14.1 Å². The second kappa shape index (κ2) is 13.8. The van der Waals surface area contributed by atoms with Gasteiger partial charge in [0.25, 0.3) is 0 Å². The lowest BCUT2D eigenvalue weighted by Crippen LogP contribution is -2.44. The molecule has 7 nitrogen and oxygen atoms in total. The van der Waals surface area contributed by atoms with E-state index in [0.717, 1.165) is 64.2 Å². The Balaban J connectivity index is 0.00000306. The summed E-state index contributed by atoms with van der Waals surface area (Å²) in [7, 11) is 0. The maximum absolute atomic E-state index is 5.78. The van der Waals surface area contributed by atoms with E-state index in [1.807, 2.05) is 6.07 Å². The SMILES string of the molecule is CCNC(=NCc1ccc(N2CCOCC2)cc1)NCC(c1ccco1)N1CCCCC1.I. The van der Waals surface area contributed by atoms with Crippen molar-refractivity contribution < 1.29 is 9.15 Å². The third kappa shape index (κ3) is 7.61. The van der Waals surface area contributed by atoms with E-state index in [1.165, 1.54) is 30.5 Å². The zero-order valence-corrected chi connectivity index (χ0v) is 22.0. The average molecular weight is 568 g/mol. The van der Waals surface area contributed by atoms with Crippen molar-refractivity contribution in [1.29, 1.82) is 0 Å². The van der Waals surface area contributed by atoms with Crippen LogP contribution in [0, 0.1) is 0 Å². The number of furan rings is 1. The summed E-state index contributed by atoms with van der Waals surface area (Å²) in [6.07, 6.45) is 5.60. The highest BCUT2D eigenvalue weighted by atomic mass is 127. The van der Waals surface area contributed by atoms with Gasteiger partial charge in [-0.05, 0) is 62.7 Å². The number of nitrogens with zero attached hydrogens (tertiary/aromatic N) is 3. The second-order valence-electron chi connectivity index (χ2n) is 8.47. The number of guanidine groups is 1. The molecule has 0 saturated carbocycles. The zero-order chi connectivity index (χ0) is 22.0. The molecule has 4 rings (SSSR count). The zero-order valence-electron chi connectivity index (χ0n) is 19.7. The number of anilines is 1. The summed E-state index contributed by atoms with van der Waals surface area (Å²) in [6.45, 7) is 10.1. The summed E-state index contributed by atoms with van der Waals surface area (Å²) in [5.41, 5.74) is 2.46. The van der Waals surface area contributed by atoms with Crippen molar-refractivity contribution in [3.05, 3.63) is 54.0 Å². The van der Waals surface area contributed by atoms with Gasteiger partial charge in [0.1, 0.15) is 5.76 Å². The number of nitrogens with one attached hydrogen (secondary N) is 2. The Bertz CT molecular complexity index is 816. The van der Waals surface area contributed by atoms with Crippen molar-refractivity contribution in [3.8, 4) is 0 Å². The van der Waals surface area contributed by atoms with Crippen LogP contribution < -0.4 is 15.5 Å². The van der Waals surface area contributed by atoms with E-state index < -0.39 is 0 Å². The molecule has 2 aliphatic rings. The average Bonchev–Trinajstić information content (AvgIpc) is 3.39. The largest absolute Gasteiger partial charge is 0.468 e. The van der Waals surface area contributed by atoms with Crippen LogP contribution in [0.25, 0.3) is 0 Å². The summed E-state index contributed by atoms with van der Waals surface area (Å²) >= 11 is 0. The first kappa shape index (κ1) is 25.8. The van der Waals surface area contributed by atoms with Gasteiger partial charge in [0.15, 0.2) is 5.96 Å². The number of likely N-dealkylation sites (tertiary alicyclic amines) is 1. The Labute approximate surface area is 215 Å². The van der Waals surface area contributed by atoms with Crippen molar-refractivity contribution in [1.82, 2.24) is 15.5 Å². The number of rotatable bonds is 8. The molecule has 1 unspecified atom stereocenters. The number of ether oxygens (including phenoxy) is 1. The maximum Gasteiger partial charge on any atom is 0.191 e. The maximum atomic E-state index is 5.78. The Morgan fingerprint density at radius 3 is 2.42 bits per heavy atom. The smallest absolute Gasteiger partial charge is 0.191 e. The van der Waals surface area contributed by atoms with E-state index in [1.54, 1.807) is 6.26 Å². The Morgan fingerprint density at radius 2 is 1.76 bits per heavy atom. The molecule has 0 aliphatic carbocycles. The van der Waals surface area contributed by atoms with Crippen molar-refractivity contribution in [3.63, 3.8) is 0 Å². The number of piperidine rings is 1. The highest BCUT2D eigenvalue weighted by Crippen LogP contribution is 2.24. The van der Waals surface area contributed by atoms with Gasteiger partial charge >= 0.3 is 0 Å². The van der Waals surface area contributed by atoms with Crippen LogP contribution in [0.15, 0.2) is 52.1 Å². The minimum Gasteiger partial charge on any atom is -0.468 e. The van der Waals surface area contributed by atoms with Gasteiger partial charge in [0.05, 0.1) is 32.1 Å². The predicted molar refractivity (Wildman–Crippen MR) is 145 cm³/mol. The molecular weight excluding hydrogens is 529 g/mol. The van der Waals surface area contributed by atoms with Crippen LogP contribution in [0.3, 0.4) is 0 Å². The molecule has 1 aromatic heterocycles. The Morgan fingerprint density at radius 1 is 1.00 bits per heavy atom. The van der Waals surface area contributed by atoms with Crippen LogP contribution in [0.2, 0.25) is 0 Å². The number of aliphatic imine (C=N–C) groups is 1. The molecule has 2 saturated heterocycles. The highest BCUT2D eigenvalue weighted by molar-refractivity contribution is 14.0. The Hall–Kier alpha value is -1.78. The van der Waals surface area contributed by atoms with E-state index >= 15 is 0 Å². The van der Waals surface area contributed by atoms with Gasteiger partial charge < -0.3 is 24.7 Å². The van der Waals surface area contributed by atoms with Crippen LogP contribution in [-0.2, 0) is 11.3 Å². The molecular formula is C25H38IN5O2. The fourth-order valence-corrected chi connectivity index (χ4v) is 4.46. The molecule has 33 heavy (non-hydrogen) atoms. The molecule has 182 valence electrons. The van der Waals surface area contributed by atoms with Gasteiger partial charge in [-0.3, -0.25) is 4.90 Å². The number of halogens is 1. The molecule has 3 heterocycles. The molecule has 0 spiro atoms. The molecule has 2 aromatic rings. The van der Waals surface area contributed by atoms with Crippen LogP contribution in [0.1, 0.15) is 43.6 Å². The lowest BCUT2D eigenvalue weighted by atomic mass is 10.1. The molecule has 0 amide bonds. The monoisotopic (exact) mass is 567 g/mol. The number of benzene rings is 1. The molecule has 2 aliphatic heterocycles. The van der Waals surface area contributed by atoms with Crippen LogP contribution in [0.5, 0.6) is 0 Å². The molecule has 1 atom stereocenters. The summed E-state index contributed by atoms with van der Waals surface area (Å²) < 4.78 is 11.2. The predicted octanol–water partition coefficient (Wildman–Crippen LogP) is 4.02. The van der Waals surface area contributed by atoms with Crippen LogP contribution >= 0.6 is 24.0 Å². The van der Waals surface area contributed by atoms with Crippen molar-refractivity contribution in [2.75, 3.05) is 57.4 Å². The quantitative estimate of drug-likeness (QED) is 0.286. The van der Waals surface area contributed by atoms with Crippen molar-refractivity contribution in [2.45, 2.75) is 38.8 Å². The first-order valence-corrected chi connectivity index (χ1v) is 12.0. The third-order valence-electron chi connectivity index (χ3n) is 6.24. The topological polar surface area (TPSA) is 65.3 Å². The Kier molecular flexibility index (Phi) is 10.8. The van der Waals surface area contributed by atoms with E-state index in [-0.39, 0.29) is 30.0 Å². The molecule has 8 heteroatoms. The summed E-state index contributed by atoms with van der Waals surface area (Å²) in [6, 6.07) is 13.0. The first-order chi connectivity index (χ1) is 15.8. The van der Waals surface area contributed by atoms with Gasteiger partial charge in [-0.2, -0.15) is 0 Å². The minimum atomic E-state index is 0. The van der Waals surface area contributed by atoms with Gasteiger partial charge in [-0.15, -0.1) is 24.0 Å². The van der Waals surface area contributed by atoms with Gasteiger partial charge in [0.2, 0.25) is 0 Å². The highest BCUT2D eigenvalue weighted by Gasteiger charge is 2.24. The van der Waals surface area contributed by atoms with Gasteiger partial charge in [0, 0.05) is 31.9 Å². The first-order valence-electron chi connectivity index (χ1n) is 12.0. The summed E-state index contributed by atoms with van der Waals surface area (Å²) in [4.78, 5) is 9.74. The molecule has 2 N–H and O–H groups in total.